The maximum absolute atomic E-state index is 9.68. The molecule has 0 aliphatic heterocycles. The Labute approximate surface area is 108 Å². The fraction of sp³-hybridized carbons (Fsp3) is 0.571. The molecule has 0 heterocycles. The molecule has 0 aliphatic rings. The van der Waals surface area contributed by atoms with Crippen LogP contribution in [0.5, 0.6) is 11.5 Å². The highest BCUT2D eigenvalue weighted by Crippen LogP contribution is 2.32. The lowest BCUT2D eigenvalue weighted by atomic mass is 9.93. The zero-order valence-corrected chi connectivity index (χ0v) is 11.4. The summed E-state index contributed by atoms with van der Waals surface area (Å²) in [4.78, 5) is 0. The molecule has 0 aliphatic carbocycles. The number of rotatable bonds is 6. The van der Waals surface area contributed by atoms with Crippen molar-refractivity contribution >= 4 is 0 Å². The summed E-state index contributed by atoms with van der Waals surface area (Å²) in [6, 6.07) is 5.69. The first-order chi connectivity index (χ1) is 8.49. The summed E-state index contributed by atoms with van der Waals surface area (Å²) in [7, 11) is 3.19. The second-order valence-corrected chi connectivity index (χ2v) is 4.56. The van der Waals surface area contributed by atoms with Crippen LogP contribution in [0.15, 0.2) is 18.2 Å². The van der Waals surface area contributed by atoms with E-state index in [-0.39, 0.29) is 5.92 Å². The summed E-state index contributed by atoms with van der Waals surface area (Å²) < 4.78 is 10.4. The molecule has 0 bridgehead atoms. The highest BCUT2D eigenvalue weighted by molar-refractivity contribution is 5.43. The van der Waals surface area contributed by atoms with Gasteiger partial charge in [-0.15, -0.1) is 0 Å². The first-order valence-corrected chi connectivity index (χ1v) is 6.07. The maximum Gasteiger partial charge on any atom is 0.160 e. The lowest BCUT2D eigenvalue weighted by Crippen LogP contribution is -2.24. The molecule has 2 N–H and O–H groups in total. The first kappa shape index (κ1) is 14.8. The van der Waals surface area contributed by atoms with Gasteiger partial charge >= 0.3 is 0 Å². The lowest BCUT2D eigenvalue weighted by molar-refractivity contribution is 0.0227. The van der Waals surface area contributed by atoms with Gasteiger partial charge in [0.1, 0.15) is 0 Å². The van der Waals surface area contributed by atoms with Gasteiger partial charge in [-0.3, -0.25) is 0 Å². The molecule has 3 unspecified atom stereocenters. The van der Waals surface area contributed by atoms with Crippen LogP contribution in [0.2, 0.25) is 0 Å². The van der Waals surface area contributed by atoms with Gasteiger partial charge in [0.15, 0.2) is 11.5 Å². The van der Waals surface area contributed by atoms with Crippen molar-refractivity contribution in [1.29, 1.82) is 0 Å². The smallest absolute Gasteiger partial charge is 0.160 e. The van der Waals surface area contributed by atoms with Gasteiger partial charge in [0.05, 0.1) is 26.4 Å². The molecule has 18 heavy (non-hydrogen) atoms. The summed E-state index contributed by atoms with van der Waals surface area (Å²) in [5.74, 6) is 1.49. The highest BCUT2D eigenvalue weighted by Gasteiger charge is 2.17. The quantitative estimate of drug-likeness (QED) is 0.814. The van der Waals surface area contributed by atoms with Gasteiger partial charge in [0.2, 0.25) is 0 Å². The third kappa shape index (κ3) is 3.62. The number of aliphatic hydroxyl groups excluding tert-OH is 2. The van der Waals surface area contributed by atoms with E-state index in [0.29, 0.717) is 17.9 Å². The van der Waals surface area contributed by atoms with Crippen LogP contribution < -0.4 is 9.47 Å². The van der Waals surface area contributed by atoms with Gasteiger partial charge in [-0.05, 0) is 37.0 Å². The number of benzene rings is 1. The topological polar surface area (TPSA) is 58.9 Å². The highest BCUT2D eigenvalue weighted by atomic mass is 16.5. The predicted octanol–water partition coefficient (Wildman–Crippen LogP) is 1.94. The van der Waals surface area contributed by atoms with Crippen molar-refractivity contribution in [3.05, 3.63) is 23.8 Å². The molecular formula is C14H22O4. The Balaban J connectivity index is 2.83. The Morgan fingerprint density at radius 2 is 1.67 bits per heavy atom. The average Bonchev–Trinajstić information content (AvgIpc) is 2.37. The van der Waals surface area contributed by atoms with Crippen LogP contribution in [0.1, 0.15) is 31.7 Å². The van der Waals surface area contributed by atoms with Gasteiger partial charge in [-0.1, -0.05) is 13.0 Å². The Morgan fingerprint density at radius 1 is 1.06 bits per heavy atom. The second-order valence-electron chi connectivity index (χ2n) is 4.56. The van der Waals surface area contributed by atoms with Crippen LogP contribution in [0.3, 0.4) is 0 Å². The molecule has 3 atom stereocenters. The number of methoxy groups -OCH3 is 2. The van der Waals surface area contributed by atoms with Gasteiger partial charge < -0.3 is 19.7 Å². The minimum atomic E-state index is -0.715. The van der Waals surface area contributed by atoms with Crippen LogP contribution in [0.4, 0.5) is 0 Å². The monoisotopic (exact) mass is 254 g/mol. The standard InChI is InChI=1S/C14H22O4/c1-9(7-12(16)10(2)15)11-5-6-13(17-3)14(8-11)18-4/h5-6,8-10,12,15-16H,7H2,1-4H3. The van der Waals surface area contributed by atoms with Crippen molar-refractivity contribution < 1.29 is 19.7 Å². The largest absolute Gasteiger partial charge is 0.493 e. The molecule has 1 aromatic rings. The molecule has 4 nitrogen and oxygen atoms in total. The van der Waals surface area contributed by atoms with E-state index in [9.17, 15) is 10.2 Å². The molecule has 0 spiro atoms. The number of hydrogen-bond donors (Lipinski definition) is 2. The van der Waals surface area contributed by atoms with Crippen LogP contribution in [0, 0.1) is 0 Å². The SMILES string of the molecule is COc1ccc(C(C)CC(O)C(C)O)cc1OC. The molecule has 1 aromatic carbocycles. The fourth-order valence-electron chi connectivity index (χ4n) is 1.85. The Hall–Kier alpha value is -1.26. The zero-order valence-electron chi connectivity index (χ0n) is 11.4. The van der Waals surface area contributed by atoms with E-state index in [1.807, 2.05) is 25.1 Å². The van der Waals surface area contributed by atoms with Gasteiger partial charge in [-0.25, -0.2) is 0 Å². The number of hydrogen-bond acceptors (Lipinski definition) is 4. The predicted molar refractivity (Wildman–Crippen MR) is 70.3 cm³/mol. The van der Waals surface area contributed by atoms with Crippen LogP contribution in [0.25, 0.3) is 0 Å². The van der Waals surface area contributed by atoms with E-state index in [2.05, 4.69) is 0 Å². The summed E-state index contributed by atoms with van der Waals surface area (Å²) in [5, 5.41) is 19.0. The van der Waals surface area contributed by atoms with E-state index in [4.69, 9.17) is 9.47 Å². The molecule has 0 radical (unpaired) electrons. The molecule has 0 saturated carbocycles. The van der Waals surface area contributed by atoms with E-state index in [0.717, 1.165) is 5.56 Å². The molecule has 0 fully saturated rings. The average molecular weight is 254 g/mol. The Morgan fingerprint density at radius 3 is 2.17 bits per heavy atom. The number of aliphatic hydroxyl groups is 2. The molecule has 0 aromatic heterocycles. The van der Waals surface area contributed by atoms with Crippen molar-refractivity contribution in [1.82, 2.24) is 0 Å². The van der Waals surface area contributed by atoms with Gasteiger partial charge in [0, 0.05) is 0 Å². The van der Waals surface area contributed by atoms with Crippen molar-refractivity contribution in [3.8, 4) is 11.5 Å². The molecule has 0 saturated heterocycles. The van der Waals surface area contributed by atoms with Crippen LogP contribution in [-0.4, -0.2) is 36.6 Å². The van der Waals surface area contributed by atoms with Crippen LogP contribution >= 0.6 is 0 Å². The van der Waals surface area contributed by atoms with Crippen LogP contribution in [-0.2, 0) is 0 Å². The summed E-state index contributed by atoms with van der Waals surface area (Å²) in [6.07, 6.45) is -0.923. The zero-order chi connectivity index (χ0) is 13.7. The minimum absolute atomic E-state index is 0.134. The van der Waals surface area contributed by atoms with E-state index < -0.39 is 12.2 Å². The molecule has 102 valence electrons. The first-order valence-electron chi connectivity index (χ1n) is 6.07. The summed E-state index contributed by atoms with van der Waals surface area (Å²) >= 11 is 0. The molecule has 1 rings (SSSR count). The molecule has 0 amide bonds. The van der Waals surface area contributed by atoms with Crippen molar-refractivity contribution in [2.75, 3.05) is 14.2 Å². The second kappa shape index (κ2) is 6.61. The summed E-state index contributed by atoms with van der Waals surface area (Å²) in [5.41, 5.74) is 1.05. The Bertz CT molecular complexity index is 376. The molecule has 4 heteroatoms. The Kier molecular flexibility index (Phi) is 5.44. The van der Waals surface area contributed by atoms with E-state index >= 15 is 0 Å². The summed E-state index contributed by atoms with van der Waals surface area (Å²) in [6.45, 7) is 3.60. The van der Waals surface area contributed by atoms with Crippen molar-refractivity contribution in [2.45, 2.75) is 38.4 Å². The third-order valence-corrected chi connectivity index (χ3v) is 3.13. The number of ether oxygens (including phenoxy) is 2. The van der Waals surface area contributed by atoms with E-state index in [1.165, 1.54) is 0 Å². The van der Waals surface area contributed by atoms with Gasteiger partial charge in [-0.2, -0.15) is 0 Å². The normalized spacial score (nSPS) is 15.9. The van der Waals surface area contributed by atoms with E-state index in [1.54, 1.807) is 21.1 Å². The third-order valence-electron chi connectivity index (χ3n) is 3.13. The van der Waals surface area contributed by atoms with Crippen molar-refractivity contribution in [2.24, 2.45) is 0 Å². The minimum Gasteiger partial charge on any atom is -0.493 e. The molecular weight excluding hydrogens is 232 g/mol. The fourth-order valence-corrected chi connectivity index (χ4v) is 1.85. The maximum atomic E-state index is 9.68. The van der Waals surface area contributed by atoms with Crippen molar-refractivity contribution in [3.63, 3.8) is 0 Å². The lowest BCUT2D eigenvalue weighted by Gasteiger charge is -2.19. The van der Waals surface area contributed by atoms with Gasteiger partial charge in [0.25, 0.3) is 0 Å².